The highest BCUT2D eigenvalue weighted by Crippen LogP contribution is 2.09. The van der Waals surface area contributed by atoms with Crippen LogP contribution >= 0.6 is 11.3 Å². The van der Waals surface area contributed by atoms with Gasteiger partial charge in [0.05, 0.1) is 5.69 Å². The maximum atomic E-state index is 4.22. The van der Waals surface area contributed by atoms with E-state index in [4.69, 9.17) is 0 Å². The minimum absolute atomic E-state index is 0.906. The zero-order valence-corrected chi connectivity index (χ0v) is 12.0. The second-order valence-corrected chi connectivity index (χ2v) is 5.46. The first-order valence-corrected chi connectivity index (χ1v) is 7.67. The Bertz CT molecular complexity index is 612. The van der Waals surface area contributed by atoms with E-state index >= 15 is 0 Å². The van der Waals surface area contributed by atoms with Gasteiger partial charge in [0.2, 0.25) is 0 Å². The molecule has 3 rings (SSSR count). The van der Waals surface area contributed by atoms with Crippen LogP contribution in [-0.2, 0) is 13.0 Å². The summed E-state index contributed by atoms with van der Waals surface area (Å²) in [5.41, 5.74) is 3.81. The molecule has 0 bridgehead atoms. The van der Waals surface area contributed by atoms with E-state index in [2.05, 4.69) is 51.5 Å². The lowest BCUT2D eigenvalue weighted by atomic mass is 10.2. The largest absolute Gasteiger partial charge is 0.312 e. The minimum atomic E-state index is 0.906. The Morgan fingerprint density at radius 3 is 2.70 bits per heavy atom. The highest BCUT2D eigenvalue weighted by atomic mass is 32.1. The molecular formula is C16H17N3S. The van der Waals surface area contributed by atoms with E-state index in [0.29, 0.717) is 0 Å². The molecule has 3 nitrogen and oxygen atoms in total. The van der Waals surface area contributed by atoms with Crippen molar-refractivity contribution in [1.82, 2.24) is 15.1 Å². The standard InChI is InChI=1S/C16H17N3S/c1-8-18-19(10-1)16-4-2-14(3-5-16)12-17-9-6-15-7-11-20-13-15/h1-5,7-8,10-11,13,17H,6,9,12H2. The molecule has 0 fully saturated rings. The quantitative estimate of drug-likeness (QED) is 0.704. The lowest BCUT2D eigenvalue weighted by Crippen LogP contribution is -2.16. The summed E-state index contributed by atoms with van der Waals surface area (Å²) in [6.07, 6.45) is 4.84. The molecule has 102 valence electrons. The summed E-state index contributed by atoms with van der Waals surface area (Å²) < 4.78 is 1.87. The predicted octanol–water partition coefficient (Wildman–Crippen LogP) is 3.27. The number of thiophene rings is 1. The molecule has 4 heteroatoms. The topological polar surface area (TPSA) is 29.9 Å². The molecule has 0 radical (unpaired) electrons. The molecule has 0 saturated heterocycles. The van der Waals surface area contributed by atoms with Gasteiger partial charge in [-0.2, -0.15) is 16.4 Å². The Balaban J connectivity index is 1.48. The Morgan fingerprint density at radius 2 is 2.00 bits per heavy atom. The zero-order chi connectivity index (χ0) is 13.6. The smallest absolute Gasteiger partial charge is 0.0645 e. The summed E-state index contributed by atoms with van der Waals surface area (Å²) in [5, 5.41) is 12.0. The Labute approximate surface area is 122 Å². The van der Waals surface area contributed by atoms with E-state index < -0.39 is 0 Å². The van der Waals surface area contributed by atoms with Gasteiger partial charge in [-0.1, -0.05) is 12.1 Å². The van der Waals surface area contributed by atoms with E-state index in [9.17, 15) is 0 Å². The molecule has 0 spiro atoms. The van der Waals surface area contributed by atoms with Gasteiger partial charge in [-0.25, -0.2) is 4.68 Å². The Kier molecular flexibility index (Phi) is 4.25. The second kappa shape index (κ2) is 6.50. The van der Waals surface area contributed by atoms with Crippen LogP contribution in [0.1, 0.15) is 11.1 Å². The molecule has 0 atom stereocenters. The van der Waals surface area contributed by atoms with Crippen LogP contribution in [0.2, 0.25) is 0 Å². The first-order chi connectivity index (χ1) is 9.92. The fraction of sp³-hybridized carbons (Fsp3) is 0.188. The first kappa shape index (κ1) is 13.1. The average Bonchev–Trinajstić information content (AvgIpc) is 3.17. The van der Waals surface area contributed by atoms with E-state index in [1.165, 1.54) is 11.1 Å². The summed E-state index contributed by atoms with van der Waals surface area (Å²) in [4.78, 5) is 0. The molecule has 20 heavy (non-hydrogen) atoms. The first-order valence-electron chi connectivity index (χ1n) is 6.72. The normalized spacial score (nSPS) is 10.8. The molecule has 1 aromatic carbocycles. The Hall–Kier alpha value is -1.91. The number of hydrogen-bond acceptors (Lipinski definition) is 3. The van der Waals surface area contributed by atoms with E-state index in [1.54, 1.807) is 17.5 Å². The maximum Gasteiger partial charge on any atom is 0.0645 e. The predicted molar refractivity (Wildman–Crippen MR) is 83.3 cm³/mol. The van der Waals surface area contributed by atoms with Crippen molar-refractivity contribution in [1.29, 1.82) is 0 Å². The van der Waals surface area contributed by atoms with Crippen LogP contribution in [0.25, 0.3) is 5.69 Å². The molecule has 2 heterocycles. The Morgan fingerprint density at radius 1 is 1.10 bits per heavy atom. The SMILES string of the molecule is c1cnn(-c2ccc(CNCCc3ccsc3)cc2)c1. The van der Waals surface area contributed by atoms with E-state index in [-0.39, 0.29) is 0 Å². The van der Waals surface area contributed by atoms with Gasteiger partial charge in [-0.3, -0.25) is 0 Å². The van der Waals surface area contributed by atoms with Crippen molar-refractivity contribution in [2.24, 2.45) is 0 Å². The van der Waals surface area contributed by atoms with Gasteiger partial charge in [-0.05, 0) is 59.1 Å². The van der Waals surface area contributed by atoms with Crippen molar-refractivity contribution in [3.8, 4) is 5.69 Å². The van der Waals surface area contributed by atoms with Gasteiger partial charge in [-0.15, -0.1) is 0 Å². The molecule has 0 aliphatic rings. The highest BCUT2D eigenvalue weighted by Gasteiger charge is 1.97. The lowest BCUT2D eigenvalue weighted by molar-refractivity contribution is 0.687. The van der Waals surface area contributed by atoms with Crippen molar-refractivity contribution in [2.75, 3.05) is 6.54 Å². The van der Waals surface area contributed by atoms with Crippen LogP contribution in [0, 0.1) is 0 Å². The summed E-state index contributed by atoms with van der Waals surface area (Å²) in [7, 11) is 0. The van der Waals surface area contributed by atoms with Gasteiger partial charge >= 0.3 is 0 Å². The van der Waals surface area contributed by atoms with E-state index in [0.717, 1.165) is 25.2 Å². The van der Waals surface area contributed by atoms with Crippen LogP contribution < -0.4 is 5.32 Å². The summed E-state index contributed by atoms with van der Waals surface area (Å²) in [6.45, 7) is 1.92. The third-order valence-corrected chi connectivity index (χ3v) is 3.94. The van der Waals surface area contributed by atoms with E-state index in [1.807, 2.05) is 16.9 Å². The second-order valence-electron chi connectivity index (χ2n) is 4.68. The summed E-state index contributed by atoms with van der Waals surface area (Å²) in [5.74, 6) is 0. The number of hydrogen-bond donors (Lipinski definition) is 1. The van der Waals surface area contributed by atoms with Crippen LogP contribution in [0.5, 0.6) is 0 Å². The van der Waals surface area contributed by atoms with Gasteiger partial charge < -0.3 is 5.32 Å². The van der Waals surface area contributed by atoms with Crippen LogP contribution in [-0.4, -0.2) is 16.3 Å². The molecule has 0 unspecified atom stereocenters. The van der Waals surface area contributed by atoms with Crippen molar-refractivity contribution in [2.45, 2.75) is 13.0 Å². The average molecular weight is 283 g/mol. The van der Waals surface area contributed by atoms with Crippen LogP contribution in [0.4, 0.5) is 0 Å². The molecule has 0 aliphatic heterocycles. The highest BCUT2D eigenvalue weighted by molar-refractivity contribution is 7.07. The molecule has 2 aromatic heterocycles. The fourth-order valence-corrected chi connectivity index (χ4v) is 2.79. The minimum Gasteiger partial charge on any atom is -0.312 e. The third-order valence-electron chi connectivity index (χ3n) is 3.20. The van der Waals surface area contributed by atoms with Crippen molar-refractivity contribution in [3.63, 3.8) is 0 Å². The van der Waals surface area contributed by atoms with Crippen molar-refractivity contribution >= 4 is 11.3 Å². The number of nitrogens with zero attached hydrogens (tertiary/aromatic N) is 2. The number of aromatic nitrogens is 2. The summed E-state index contributed by atoms with van der Waals surface area (Å²) >= 11 is 1.76. The summed E-state index contributed by atoms with van der Waals surface area (Å²) in [6, 6.07) is 12.6. The van der Waals surface area contributed by atoms with Crippen molar-refractivity contribution in [3.05, 3.63) is 70.7 Å². The molecular weight excluding hydrogens is 266 g/mol. The van der Waals surface area contributed by atoms with Gasteiger partial charge in [0.25, 0.3) is 0 Å². The lowest BCUT2D eigenvalue weighted by Gasteiger charge is -2.06. The van der Waals surface area contributed by atoms with Gasteiger partial charge in [0.1, 0.15) is 0 Å². The van der Waals surface area contributed by atoms with Crippen LogP contribution in [0.15, 0.2) is 59.6 Å². The van der Waals surface area contributed by atoms with Crippen LogP contribution in [0.3, 0.4) is 0 Å². The molecule has 0 saturated carbocycles. The van der Waals surface area contributed by atoms with Gasteiger partial charge in [0.15, 0.2) is 0 Å². The third kappa shape index (κ3) is 3.35. The molecule has 0 aliphatic carbocycles. The number of benzene rings is 1. The molecule has 3 aromatic rings. The number of nitrogens with one attached hydrogen (secondary N) is 1. The monoisotopic (exact) mass is 283 g/mol. The zero-order valence-electron chi connectivity index (χ0n) is 11.2. The van der Waals surface area contributed by atoms with Gasteiger partial charge in [0, 0.05) is 18.9 Å². The number of rotatable bonds is 6. The maximum absolute atomic E-state index is 4.22. The molecule has 0 amide bonds. The fourth-order valence-electron chi connectivity index (χ4n) is 2.09. The molecule has 1 N–H and O–H groups in total. The van der Waals surface area contributed by atoms with Crippen molar-refractivity contribution < 1.29 is 0 Å².